The predicted octanol–water partition coefficient (Wildman–Crippen LogP) is 3.63. The van der Waals surface area contributed by atoms with Crippen LogP contribution in [-0.4, -0.2) is 36.4 Å². The number of benzene rings is 1. The number of hydrogen-bond donors (Lipinski definition) is 2. The molecule has 184 valence electrons. The molecule has 1 fully saturated rings. The number of carbonyl (C=O) groups is 1. The molecule has 0 bridgehead atoms. The highest BCUT2D eigenvalue weighted by molar-refractivity contribution is 7.90. The van der Waals surface area contributed by atoms with Crippen molar-refractivity contribution >= 4 is 21.7 Å². The van der Waals surface area contributed by atoms with Gasteiger partial charge in [-0.15, -0.1) is 0 Å². The smallest absolute Gasteiger partial charge is 0.269 e. The van der Waals surface area contributed by atoms with E-state index in [1.807, 2.05) is 23.5 Å². The van der Waals surface area contributed by atoms with E-state index in [-0.39, 0.29) is 22.8 Å². The molecule has 0 aliphatic carbocycles. The van der Waals surface area contributed by atoms with Crippen LogP contribution in [0.4, 0.5) is 10.2 Å². The Kier molecular flexibility index (Phi) is 6.27. The maximum Gasteiger partial charge on any atom is 0.269 e. The van der Waals surface area contributed by atoms with Gasteiger partial charge in [0, 0.05) is 23.8 Å². The number of nitrogens with one attached hydrogen (secondary N) is 2. The Balaban J connectivity index is 1.82. The third kappa shape index (κ3) is 4.45. The van der Waals surface area contributed by atoms with Crippen LogP contribution in [0.1, 0.15) is 43.1 Å². The molecule has 1 atom stereocenters. The van der Waals surface area contributed by atoms with E-state index in [9.17, 15) is 22.4 Å². The highest BCUT2D eigenvalue weighted by Crippen LogP contribution is 2.39. The first-order valence-electron chi connectivity index (χ1n) is 11.2. The fourth-order valence-electron chi connectivity index (χ4n) is 4.33. The molecule has 0 saturated carbocycles. The highest BCUT2D eigenvalue weighted by atomic mass is 32.2. The summed E-state index contributed by atoms with van der Waals surface area (Å²) in [4.78, 5) is 33.7. The van der Waals surface area contributed by atoms with Crippen molar-refractivity contribution in [2.45, 2.75) is 44.6 Å². The summed E-state index contributed by atoms with van der Waals surface area (Å²) in [5.41, 5.74) is 0.298. The molecule has 1 aliphatic rings. The molecule has 1 unspecified atom stereocenters. The van der Waals surface area contributed by atoms with Gasteiger partial charge >= 0.3 is 0 Å². The third-order valence-corrected chi connectivity index (χ3v) is 8.26. The lowest BCUT2D eigenvalue weighted by atomic mass is 9.90. The molecule has 1 aliphatic heterocycles. The molecular formula is C25H27FN4O4S. The maximum atomic E-state index is 14.2. The van der Waals surface area contributed by atoms with Crippen molar-refractivity contribution < 1.29 is 17.6 Å². The second kappa shape index (κ2) is 8.92. The average molecular weight is 499 g/mol. The number of pyridine rings is 2. The Morgan fingerprint density at radius 1 is 1.20 bits per heavy atom. The first-order valence-corrected chi connectivity index (χ1v) is 12.7. The number of amides is 1. The zero-order valence-electron chi connectivity index (χ0n) is 19.9. The molecule has 2 N–H and O–H groups in total. The number of rotatable bonds is 5. The molecule has 35 heavy (non-hydrogen) atoms. The van der Waals surface area contributed by atoms with Crippen molar-refractivity contribution in [3.63, 3.8) is 0 Å². The van der Waals surface area contributed by atoms with Crippen molar-refractivity contribution in [1.82, 2.24) is 14.7 Å². The van der Waals surface area contributed by atoms with Gasteiger partial charge in [0.1, 0.15) is 11.6 Å². The first-order chi connectivity index (χ1) is 16.4. The van der Waals surface area contributed by atoms with Gasteiger partial charge in [-0.2, -0.15) is 0 Å². The van der Waals surface area contributed by atoms with E-state index in [1.165, 1.54) is 24.4 Å². The summed E-state index contributed by atoms with van der Waals surface area (Å²) in [6.07, 6.45) is 2.16. The lowest BCUT2D eigenvalue weighted by molar-refractivity contribution is 0.0981. The molecule has 3 heterocycles. The number of sulfonamides is 1. The standard InChI is InChI=1S/C25H27FN4O4S/c1-15-12-14-30(25(15,3)4)22-18(10-11-20(28-22)17-7-5-8-19(26)16(17)2)23(31)29-35(33,34)21-9-6-13-27-24(21)32/h5-11,13,15H,12,14H2,1-4H3,(H,27,32)(H,29,31). The van der Waals surface area contributed by atoms with Gasteiger partial charge in [-0.05, 0) is 69.0 Å². The van der Waals surface area contributed by atoms with Gasteiger partial charge in [0.05, 0.1) is 11.3 Å². The lowest BCUT2D eigenvalue weighted by Crippen LogP contribution is -2.44. The zero-order chi connectivity index (χ0) is 25.5. The Morgan fingerprint density at radius 2 is 1.94 bits per heavy atom. The van der Waals surface area contributed by atoms with Crippen molar-refractivity contribution in [2.24, 2.45) is 5.92 Å². The molecule has 1 amide bonds. The van der Waals surface area contributed by atoms with E-state index in [4.69, 9.17) is 4.98 Å². The normalized spacial score (nSPS) is 17.4. The monoisotopic (exact) mass is 498 g/mol. The summed E-state index contributed by atoms with van der Waals surface area (Å²) in [6, 6.07) is 10.2. The van der Waals surface area contributed by atoms with Crippen molar-refractivity contribution in [2.75, 3.05) is 11.4 Å². The van der Waals surface area contributed by atoms with Gasteiger partial charge in [0.15, 0.2) is 4.90 Å². The molecule has 0 radical (unpaired) electrons. The number of carbonyl (C=O) groups excluding carboxylic acids is 1. The van der Waals surface area contributed by atoms with Gasteiger partial charge in [0.25, 0.3) is 21.5 Å². The molecule has 8 nitrogen and oxygen atoms in total. The topological polar surface area (TPSA) is 112 Å². The third-order valence-electron chi connectivity index (χ3n) is 6.91. The second-order valence-electron chi connectivity index (χ2n) is 9.27. The number of aromatic amines is 1. The van der Waals surface area contributed by atoms with Crippen LogP contribution in [0.3, 0.4) is 0 Å². The van der Waals surface area contributed by atoms with E-state index >= 15 is 0 Å². The van der Waals surface area contributed by atoms with Crippen LogP contribution in [0.15, 0.2) is 58.4 Å². The van der Waals surface area contributed by atoms with Crippen LogP contribution in [-0.2, 0) is 10.0 Å². The van der Waals surface area contributed by atoms with Crippen molar-refractivity contribution in [3.8, 4) is 11.3 Å². The molecule has 0 spiro atoms. The first kappa shape index (κ1) is 24.6. The Hall–Kier alpha value is -3.53. The number of nitrogens with zero attached hydrogens (tertiary/aromatic N) is 2. The van der Waals surface area contributed by atoms with Gasteiger partial charge in [-0.3, -0.25) is 9.59 Å². The van der Waals surface area contributed by atoms with Gasteiger partial charge in [-0.1, -0.05) is 19.1 Å². The summed E-state index contributed by atoms with van der Waals surface area (Å²) in [7, 11) is -4.43. The Labute approximate surface area is 203 Å². The summed E-state index contributed by atoms with van der Waals surface area (Å²) in [6.45, 7) is 8.44. The van der Waals surface area contributed by atoms with Crippen LogP contribution in [0.5, 0.6) is 0 Å². The predicted molar refractivity (Wildman–Crippen MR) is 131 cm³/mol. The van der Waals surface area contributed by atoms with E-state index in [0.717, 1.165) is 12.5 Å². The summed E-state index contributed by atoms with van der Waals surface area (Å²) < 4.78 is 41.8. The average Bonchev–Trinajstić information content (AvgIpc) is 3.07. The SMILES string of the molecule is Cc1c(F)cccc1-c1ccc(C(=O)NS(=O)(=O)c2ccc[nH]c2=O)c(N2CCC(C)C2(C)C)n1. The fraction of sp³-hybridized carbons (Fsp3) is 0.320. The molecule has 1 saturated heterocycles. The fourth-order valence-corrected chi connectivity index (χ4v) is 5.35. The molecule has 4 rings (SSSR count). The molecule has 1 aromatic carbocycles. The summed E-state index contributed by atoms with van der Waals surface area (Å²) in [5.74, 6) is -0.697. The molecule has 2 aromatic heterocycles. The lowest BCUT2D eigenvalue weighted by Gasteiger charge is -2.36. The van der Waals surface area contributed by atoms with Crippen molar-refractivity contribution in [1.29, 1.82) is 0 Å². The number of H-pyrrole nitrogens is 1. The Morgan fingerprint density at radius 3 is 2.60 bits per heavy atom. The molecule has 10 heteroatoms. The van der Waals surface area contributed by atoms with Gasteiger partial charge in [0.2, 0.25) is 0 Å². The largest absolute Gasteiger partial charge is 0.351 e. The maximum absolute atomic E-state index is 14.2. The number of anilines is 1. The van der Waals surface area contributed by atoms with Crippen LogP contribution >= 0.6 is 0 Å². The van der Waals surface area contributed by atoms with E-state index in [0.29, 0.717) is 29.2 Å². The Bertz CT molecular complexity index is 1470. The van der Waals surface area contributed by atoms with Crippen LogP contribution in [0, 0.1) is 18.7 Å². The van der Waals surface area contributed by atoms with Crippen LogP contribution < -0.4 is 15.2 Å². The van der Waals surface area contributed by atoms with E-state index in [1.54, 1.807) is 25.1 Å². The minimum Gasteiger partial charge on any atom is -0.351 e. The van der Waals surface area contributed by atoms with Gasteiger partial charge < -0.3 is 9.88 Å². The van der Waals surface area contributed by atoms with Crippen LogP contribution in [0.2, 0.25) is 0 Å². The number of aromatic nitrogens is 2. The van der Waals surface area contributed by atoms with Crippen LogP contribution in [0.25, 0.3) is 11.3 Å². The second-order valence-corrected chi connectivity index (χ2v) is 10.9. The van der Waals surface area contributed by atoms with Crippen molar-refractivity contribution in [3.05, 3.63) is 76.0 Å². The zero-order valence-corrected chi connectivity index (χ0v) is 20.7. The number of halogens is 1. The summed E-state index contributed by atoms with van der Waals surface area (Å²) >= 11 is 0. The highest BCUT2D eigenvalue weighted by Gasteiger charge is 2.41. The van der Waals surface area contributed by atoms with E-state index in [2.05, 4.69) is 11.9 Å². The summed E-state index contributed by atoms with van der Waals surface area (Å²) in [5, 5.41) is 0. The molecule has 3 aromatic rings. The minimum absolute atomic E-state index is 0.0425. The number of hydrogen-bond acceptors (Lipinski definition) is 6. The van der Waals surface area contributed by atoms with E-state index < -0.39 is 26.4 Å². The minimum atomic E-state index is -4.43. The molecular weight excluding hydrogens is 471 g/mol. The quantitative estimate of drug-likeness (QED) is 0.556. The van der Waals surface area contributed by atoms with Gasteiger partial charge in [-0.25, -0.2) is 22.5 Å².